The minimum absolute atomic E-state index is 0.00297. The summed E-state index contributed by atoms with van der Waals surface area (Å²) in [4.78, 5) is 23.2. The van der Waals surface area contributed by atoms with E-state index in [2.05, 4.69) is 25.5 Å². The maximum absolute atomic E-state index is 14.1. The van der Waals surface area contributed by atoms with Gasteiger partial charge in [0.2, 0.25) is 0 Å². The largest absolute Gasteiger partial charge is 0.416 e. The van der Waals surface area contributed by atoms with Crippen LogP contribution < -0.4 is 16.4 Å². The first kappa shape index (κ1) is 27.1. The van der Waals surface area contributed by atoms with E-state index >= 15 is 0 Å². The smallest absolute Gasteiger partial charge is 0.393 e. The lowest BCUT2D eigenvalue weighted by molar-refractivity contribution is -0.138. The zero-order valence-electron chi connectivity index (χ0n) is 21.2. The number of benzene rings is 1. The Morgan fingerprint density at radius 1 is 1.11 bits per heavy atom. The topological polar surface area (TPSA) is 116 Å². The number of alkyl halides is 3. The van der Waals surface area contributed by atoms with E-state index in [0.717, 1.165) is 32.0 Å². The molecule has 2 aromatic rings. The van der Waals surface area contributed by atoms with Crippen LogP contribution in [0.15, 0.2) is 18.2 Å². The van der Waals surface area contributed by atoms with Crippen LogP contribution in [-0.2, 0) is 12.6 Å². The Kier molecular flexibility index (Phi) is 8.23. The van der Waals surface area contributed by atoms with Gasteiger partial charge in [0, 0.05) is 11.7 Å². The minimum atomic E-state index is -4.53. The molecule has 0 atom stereocenters. The first-order valence-corrected chi connectivity index (χ1v) is 12.9. The van der Waals surface area contributed by atoms with E-state index in [0.29, 0.717) is 43.6 Å². The normalized spacial score (nSPS) is 21.6. The van der Waals surface area contributed by atoms with Crippen LogP contribution in [0.5, 0.6) is 0 Å². The molecule has 37 heavy (non-hydrogen) atoms. The van der Waals surface area contributed by atoms with Gasteiger partial charge in [-0.25, -0.2) is 9.97 Å². The molecule has 11 heteroatoms. The highest BCUT2D eigenvalue weighted by molar-refractivity contribution is 5.96. The summed E-state index contributed by atoms with van der Waals surface area (Å²) in [5.74, 6) is -0.536. The van der Waals surface area contributed by atoms with Crippen LogP contribution in [0.2, 0.25) is 0 Å². The number of aromatic nitrogens is 2. The van der Waals surface area contributed by atoms with Crippen LogP contribution in [0.3, 0.4) is 0 Å². The van der Waals surface area contributed by atoms with Gasteiger partial charge in [-0.05, 0) is 88.7 Å². The predicted molar refractivity (Wildman–Crippen MR) is 136 cm³/mol. The molecule has 1 aliphatic heterocycles. The Morgan fingerprint density at radius 3 is 2.38 bits per heavy atom. The zero-order valence-corrected chi connectivity index (χ0v) is 21.2. The molecule has 0 spiro atoms. The van der Waals surface area contributed by atoms with Crippen molar-refractivity contribution in [3.63, 3.8) is 0 Å². The average Bonchev–Trinajstić information content (AvgIpc) is 2.85. The number of rotatable bonds is 7. The number of halogens is 3. The number of hydrogen-bond donors (Lipinski definition) is 4. The van der Waals surface area contributed by atoms with E-state index in [1.165, 1.54) is 6.07 Å². The van der Waals surface area contributed by atoms with E-state index < -0.39 is 17.6 Å². The summed E-state index contributed by atoms with van der Waals surface area (Å²) in [6, 6.07) is 4.24. The van der Waals surface area contributed by atoms with Crippen LogP contribution >= 0.6 is 0 Å². The Bertz CT molecular complexity index is 1110. The molecule has 0 radical (unpaired) electrons. The number of nitrogens with zero attached hydrogens (tertiary/aromatic N) is 3. The van der Waals surface area contributed by atoms with Gasteiger partial charge in [0.05, 0.1) is 17.4 Å². The summed E-state index contributed by atoms with van der Waals surface area (Å²) in [7, 11) is 1.97. The highest BCUT2D eigenvalue weighted by Gasteiger charge is 2.36. The Labute approximate surface area is 214 Å². The lowest BCUT2D eigenvalue weighted by atomic mass is 9.86. The van der Waals surface area contributed by atoms with Crippen molar-refractivity contribution in [3.05, 3.63) is 40.7 Å². The summed E-state index contributed by atoms with van der Waals surface area (Å²) in [6.07, 6.45) is -0.205. The second-order valence-corrected chi connectivity index (χ2v) is 10.1. The molecule has 1 aromatic heterocycles. The lowest BCUT2D eigenvalue weighted by Gasteiger charge is -2.31. The number of nitrogens with one attached hydrogen (secondary N) is 2. The number of amides is 1. The number of aliphatic hydroxyl groups is 1. The van der Waals surface area contributed by atoms with E-state index in [1.807, 2.05) is 14.0 Å². The molecule has 8 nitrogen and oxygen atoms in total. The number of carbonyl (C=O) groups excluding carboxylic acids is 1. The number of aliphatic hydroxyl groups excluding tert-OH is 1. The Balaban J connectivity index is 1.66. The molecule has 5 N–H and O–H groups in total. The van der Waals surface area contributed by atoms with Gasteiger partial charge in [-0.2, -0.15) is 13.2 Å². The molecular formula is C26H35F3N6O2. The van der Waals surface area contributed by atoms with Crippen molar-refractivity contribution in [1.82, 2.24) is 14.9 Å². The summed E-state index contributed by atoms with van der Waals surface area (Å²) >= 11 is 0. The van der Waals surface area contributed by atoms with Crippen LogP contribution in [0.25, 0.3) is 0 Å². The summed E-state index contributed by atoms with van der Waals surface area (Å²) in [5.41, 5.74) is 5.72. The number of hydrogen-bond acceptors (Lipinski definition) is 7. The third-order valence-electron chi connectivity index (χ3n) is 7.35. The minimum Gasteiger partial charge on any atom is -0.393 e. The van der Waals surface area contributed by atoms with E-state index in [-0.39, 0.29) is 40.8 Å². The highest BCUT2D eigenvalue weighted by Crippen LogP contribution is 2.40. The van der Waals surface area contributed by atoms with Crippen LogP contribution in [0.4, 0.5) is 30.5 Å². The highest BCUT2D eigenvalue weighted by atomic mass is 19.4. The van der Waals surface area contributed by atoms with Gasteiger partial charge in [-0.1, -0.05) is 13.0 Å². The number of nitrogens with two attached hydrogens (primary N) is 1. The van der Waals surface area contributed by atoms with Gasteiger partial charge in [-0.15, -0.1) is 0 Å². The van der Waals surface area contributed by atoms with Crippen molar-refractivity contribution in [1.29, 1.82) is 0 Å². The number of anilines is 3. The second kappa shape index (κ2) is 11.2. The van der Waals surface area contributed by atoms with Gasteiger partial charge in [0.1, 0.15) is 5.82 Å². The van der Waals surface area contributed by atoms with E-state index in [1.54, 1.807) is 6.07 Å². The number of piperidine rings is 1. The fourth-order valence-electron chi connectivity index (χ4n) is 5.20. The van der Waals surface area contributed by atoms with Crippen molar-refractivity contribution >= 4 is 23.2 Å². The molecule has 202 valence electrons. The predicted octanol–water partition coefficient (Wildman–Crippen LogP) is 4.42. The van der Waals surface area contributed by atoms with Crippen molar-refractivity contribution in [3.8, 4) is 0 Å². The SMILES string of the molecule is CCc1nc(C(N)=O)c(Nc2ccc(C3CCN(C)CC3)c(C(F)(F)F)c2)nc1N[C@H]1CC[C@H](O)CC1. The average molecular weight is 521 g/mol. The van der Waals surface area contributed by atoms with E-state index in [9.17, 15) is 23.1 Å². The summed E-state index contributed by atoms with van der Waals surface area (Å²) in [6.45, 7) is 3.37. The Morgan fingerprint density at radius 2 is 1.78 bits per heavy atom. The van der Waals surface area contributed by atoms with Gasteiger partial charge in [0.15, 0.2) is 11.5 Å². The van der Waals surface area contributed by atoms with Crippen molar-refractivity contribution in [2.24, 2.45) is 5.73 Å². The van der Waals surface area contributed by atoms with Crippen molar-refractivity contribution in [2.45, 2.75) is 76.1 Å². The van der Waals surface area contributed by atoms with Gasteiger partial charge in [-0.3, -0.25) is 4.79 Å². The maximum Gasteiger partial charge on any atom is 0.416 e. The third-order valence-corrected chi connectivity index (χ3v) is 7.35. The lowest BCUT2D eigenvalue weighted by Crippen LogP contribution is -2.30. The van der Waals surface area contributed by atoms with Crippen LogP contribution in [0.1, 0.15) is 78.7 Å². The number of likely N-dealkylation sites (tertiary alicyclic amines) is 1. The quantitative estimate of drug-likeness (QED) is 0.427. The maximum atomic E-state index is 14.1. The standard InChI is InChI=1S/C26H35F3N6O2/c1-3-21-24(31-16-4-7-18(36)8-5-16)34-25(22(33-21)23(30)37)32-17-6-9-19(20(14-17)26(27,28)29)15-10-12-35(2)13-11-15/h6,9,14-16,18,36H,3-5,7-8,10-13H2,1-2H3,(H2,30,37)(H2,31,32,34)/t16-,18-. The van der Waals surface area contributed by atoms with Crippen LogP contribution in [0, 0.1) is 0 Å². The number of aryl methyl sites for hydroxylation is 1. The molecule has 2 aliphatic rings. The molecule has 4 rings (SSSR count). The van der Waals surface area contributed by atoms with E-state index in [4.69, 9.17) is 5.73 Å². The molecule has 1 amide bonds. The third kappa shape index (κ3) is 6.51. The molecular weight excluding hydrogens is 485 g/mol. The fraction of sp³-hybridized carbons (Fsp3) is 0.577. The monoisotopic (exact) mass is 520 g/mol. The zero-order chi connectivity index (χ0) is 26.7. The number of carbonyl (C=O) groups is 1. The van der Waals surface area contributed by atoms with Gasteiger partial charge < -0.3 is 26.4 Å². The molecule has 1 aromatic carbocycles. The first-order valence-electron chi connectivity index (χ1n) is 12.9. The van der Waals surface area contributed by atoms with Crippen molar-refractivity contribution < 1.29 is 23.1 Å². The molecule has 1 saturated carbocycles. The molecule has 1 aliphatic carbocycles. The molecule has 0 unspecified atom stereocenters. The van der Waals surface area contributed by atoms with Gasteiger partial charge in [0.25, 0.3) is 5.91 Å². The molecule has 0 bridgehead atoms. The fourth-order valence-corrected chi connectivity index (χ4v) is 5.20. The second-order valence-electron chi connectivity index (χ2n) is 10.1. The molecule has 2 heterocycles. The summed E-state index contributed by atoms with van der Waals surface area (Å²) in [5, 5.41) is 16.0. The molecule has 2 fully saturated rings. The Hall–Kier alpha value is -2.92. The van der Waals surface area contributed by atoms with Crippen molar-refractivity contribution in [2.75, 3.05) is 30.8 Å². The summed E-state index contributed by atoms with van der Waals surface area (Å²) < 4.78 is 42.3. The molecule has 1 saturated heterocycles. The number of primary amides is 1. The van der Waals surface area contributed by atoms with Crippen LogP contribution in [-0.4, -0.2) is 58.2 Å². The van der Waals surface area contributed by atoms with Gasteiger partial charge >= 0.3 is 6.18 Å². The first-order chi connectivity index (χ1) is 17.5.